The molecule has 1 rings (SSSR count). The number of hydrogen-bond acceptors (Lipinski definition) is 3. The summed E-state index contributed by atoms with van der Waals surface area (Å²) in [6.45, 7) is 5.98. The molecule has 2 nitrogen and oxygen atoms in total. The Kier molecular flexibility index (Phi) is 4.67. The third-order valence-corrected chi connectivity index (χ3v) is 3.61. The monoisotopic (exact) mass is 243 g/mol. The minimum Gasteiger partial charge on any atom is -0.351 e. The van der Waals surface area contributed by atoms with Crippen LogP contribution in [0.3, 0.4) is 0 Å². The molecule has 4 heteroatoms. The minimum atomic E-state index is -0.124. The summed E-state index contributed by atoms with van der Waals surface area (Å²) in [5.74, 6) is 1.58. The fourth-order valence-electron chi connectivity index (χ4n) is 1.09. The van der Waals surface area contributed by atoms with E-state index >= 15 is 0 Å². The minimum absolute atomic E-state index is 0.115. The van der Waals surface area contributed by atoms with Gasteiger partial charge < -0.3 is 5.32 Å². The second-order valence-electron chi connectivity index (χ2n) is 4.37. The van der Waals surface area contributed by atoms with E-state index in [9.17, 15) is 4.79 Å². The molecule has 15 heavy (non-hydrogen) atoms. The molecule has 1 amide bonds. The lowest BCUT2D eigenvalue weighted by molar-refractivity contribution is -0.119. The average Bonchev–Trinajstić information content (AvgIpc) is 2.53. The van der Waals surface area contributed by atoms with Crippen LogP contribution in [0.25, 0.3) is 0 Å². The van der Waals surface area contributed by atoms with Crippen LogP contribution < -0.4 is 5.32 Å². The molecular weight excluding hydrogens is 226 g/mol. The molecule has 0 aliphatic rings. The van der Waals surface area contributed by atoms with Gasteiger partial charge in [-0.25, -0.2) is 0 Å². The van der Waals surface area contributed by atoms with Gasteiger partial charge in [0.05, 0.1) is 5.75 Å². The van der Waals surface area contributed by atoms with Crippen LogP contribution in [0.4, 0.5) is 0 Å². The van der Waals surface area contributed by atoms with Crippen LogP contribution in [0.15, 0.2) is 17.5 Å². The van der Waals surface area contributed by atoms with Crippen molar-refractivity contribution in [2.75, 3.05) is 5.75 Å². The van der Waals surface area contributed by atoms with Gasteiger partial charge in [0.2, 0.25) is 5.91 Å². The maximum atomic E-state index is 11.5. The van der Waals surface area contributed by atoms with Gasteiger partial charge in [-0.15, -0.1) is 23.1 Å². The van der Waals surface area contributed by atoms with E-state index in [2.05, 4.69) is 16.8 Å². The van der Waals surface area contributed by atoms with Crippen molar-refractivity contribution in [1.82, 2.24) is 5.32 Å². The van der Waals surface area contributed by atoms with E-state index < -0.39 is 0 Å². The van der Waals surface area contributed by atoms with E-state index in [1.54, 1.807) is 23.1 Å². The summed E-state index contributed by atoms with van der Waals surface area (Å²) in [7, 11) is 0. The van der Waals surface area contributed by atoms with Crippen LogP contribution in [-0.2, 0) is 10.5 Å². The van der Waals surface area contributed by atoms with Crippen LogP contribution >= 0.6 is 23.1 Å². The second kappa shape index (κ2) is 5.56. The van der Waals surface area contributed by atoms with Crippen molar-refractivity contribution in [2.45, 2.75) is 32.1 Å². The molecule has 0 aromatic carbocycles. The van der Waals surface area contributed by atoms with Crippen molar-refractivity contribution in [1.29, 1.82) is 0 Å². The topological polar surface area (TPSA) is 29.1 Å². The molecule has 84 valence electrons. The van der Waals surface area contributed by atoms with Crippen molar-refractivity contribution < 1.29 is 4.79 Å². The van der Waals surface area contributed by atoms with Gasteiger partial charge in [0.1, 0.15) is 0 Å². The van der Waals surface area contributed by atoms with E-state index in [4.69, 9.17) is 0 Å². The van der Waals surface area contributed by atoms with Gasteiger partial charge in [-0.3, -0.25) is 4.79 Å². The highest BCUT2D eigenvalue weighted by atomic mass is 32.2. The fraction of sp³-hybridized carbons (Fsp3) is 0.545. The molecule has 0 atom stereocenters. The summed E-state index contributed by atoms with van der Waals surface area (Å²) in [5, 5.41) is 5.00. The molecule has 1 aromatic heterocycles. The Morgan fingerprint density at radius 1 is 1.53 bits per heavy atom. The first-order chi connectivity index (χ1) is 6.97. The number of hydrogen-bond donors (Lipinski definition) is 1. The second-order valence-corrected chi connectivity index (χ2v) is 6.39. The Bertz CT molecular complexity index is 301. The zero-order chi connectivity index (χ0) is 11.3. The Morgan fingerprint density at radius 2 is 2.27 bits per heavy atom. The number of carbonyl (C=O) groups excluding carboxylic acids is 1. The highest BCUT2D eigenvalue weighted by Gasteiger charge is 2.13. The summed E-state index contributed by atoms with van der Waals surface area (Å²) in [4.78, 5) is 12.8. The van der Waals surface area contributed by atoms with Gasteiger partial charge in [0.25, 0.3) is 0 Å². The van der Waals surface area contributed by atoms with Gasteiger partial charge in [-0.05, 0) is 32.2 Å². The number of rotatable bonds is 4. The van der Waals surface area contributed by atoms with Gasteiger partial charge >= 0.3 is 0 Å². The Hall–Kier alpha value is -0.480. The van der Waals surface area contributed by atoms with E-state index in [1.807, 2.05) is 26.8 Å². The molecule has 0 radical (unpaired) electrons. The molecule has 0 bridgehead atoms. The zero-order valence-electron chi connectivity index (χ0n) is 9.37. The van der Waals surface area contributed by atoms with E-state index in [1.165, 1.54) is 4.88 Å². The number of thioether (sulfide) groups is 1. The molecule has 1 aromatic rings. The molecule has 0 saturated heterocycles. The molecule has 0 spiro atoms. The molecule has 0 aliphatic carbocycles. The van der Waals surface area contributed by atoms with E-state index in [0.29, 0.717) is 5.75 Å². The predicted octanol–water partition coefficient (Wildman–Crippen LogP) is 2.90. The normalized spacial score (nSPS) is 11.4. The summed E-state index contributed by atoms with van der Waals surface area (Å²) in [5.41, 5.74) is -0.124. The van der Waals surface area contributed by atoms with Gasteiger partial charge in [0, 0.05) is 16.2 Å². The zero-order valence-corrected chi connectivity index (χ0v) is 11.0. The fourth-order valence-corrected chi connectivity index (χ4v) is 2.76. The van der Waals surface area contributed by atoms with Gasteiger partial charge in [0.15, 0.2) is 0 Å². The number of carbonyl (C=O) groups is 1. The standard InChI is InChI=1S/C11H17NOS2/c1-11(2,3)12-10(13)8-14-7-9-5-4-6-15-9/h4-6H,7-8H2,1-3H3,(H,12,13). The molecule has 0 fully saturated rings. The van der Waals surface area contributed by atoms with Crippen LogP contribution in [0.1, 0.15) is 25.6 Å². The lowest BCUT2D eigenvalue weighted by atomic mass is 10.1. The van der Waals surface area contributed by atoms with Crippen LogP contribution in [0, 0.1) is 0 Å². The molecule has 1 heterocycles. The molecular formula is C11H17NOS2. The Morgan fingerprint density at radius 3 is 2.80 bits per heavy atom. The average molecular weight is 243 g/mol. The summed E-state index contributed by atoms with van der Waals surface area (Å²) in [6.07, 6.45) is 0. The van der Waals surface area contributed by atoms with E-state index in [0.717, 1.165) is 5.75 Å². The largest absolute Gasteiger partial charge is 0.351 e. The van der Waals surface area contributed by atoms with Crippen LogP contribution in [-0.4, -0.2) is 17.2 Å². The lowest BCUT2D eigenvalue weighted by Gasteiger charge is -2.20. The Balaban J connectivity index is 2.18. The van der Waals surface area contributed by atoms with Crippen molar-refractivity contribution in [3.63, 3.8) is 0 Å². The third-order valence-electron chi connectivity index (χ3n) is 1.57. The highest BCUT2D eigenvalue weighted by molar-refractivity contribution is 7.99. The SMILES string of the molecule is CC(C)(C)NC(=O)CSCc1cccs1. The van der Waals surface area contributed by atoms with Crippen molar-refractivity contribution in [3.8, 4) is 0 Å². The lowest BCUT2D eigenvalue weighted by Crippen LogP contribution is -2.41. The first-order valence-electron chi connectivity index (χ1n) is 4.88. The molecule has 0 saturated carbocycles. The van der Waals surface area contributed by atoms with Crippen LogP contribution in [0.2, 0.25) is 0 Å². The Labute approximate surface area is 99.5 Å². The number of amides is 1. The first-order valence-corrected chi connectivity index (χ1v) is 6.92. The third kappa shape index (κ3) is 5.85. The smallest absolute Gasteiger partial charge is 0.230 e. The summed E-state index contributed by atoms with van der Waals surface area (Å²) in [6, 6.07) is 4.13. The van der Waals surface area contributed by atoms with Crippen molar-refractivity contribution >= 4 is 29.0 Å². The summed E-state index contributed by atoms with van der Waals surface area (Å²) >= 11 is 3.39. The quantitative estimate of drug-likeness (QED) is 0.881. The number of thiophene rings is 1. The highest BCUT2D eigenvalue weighted by Crippen LogP contribution is 2.16. The van der Waals surface area contributed by atoms with Gasteiger partial charge in [-0.2, -0.15) is 0 Å². The summed E-state index contributed by atoms with van der Waals surface area (Å²) < 4.78 is 0. The molecule has 0 aliphatic heterocycles. The van der Waals surface area contributed by atoms with Crippen molar-refractivity contribution in [2.24, 2.45) is 0 Å². The van der Waals surface area contributed by atoms with Crippen LogP contribution in [0.5, 0.6) is 0 Å². The van der Waals surface area contributed by atoms with Gasteiger partial charge in [-0.1, -0.05) is 6.07 Å². The molecule has 1 N–H and O–H groups in total. The maximum absolute atomic E-state index is 11.5. The maximum Gasteiger partial charge on any atom is 0.230 e. The number of nitrogens with one attached hydrogen (secondary N) is 1. The first kappa shape index (κ1) is 12.6. The predicted molar refractivity (Wildman–Crippen MR) is 68.4 cm³/mol. The molecule has 0 unspecified atom stereocenters. The van der Waals surface area contributed by atoms with Crippen molar-refractivity contribution in [3.05, 3.63) is 22.4 Å². The van der Waals surface area contributed by atoms with E-state index in [-0.39, 0.29) is 11.4 Å².